The summed E-state index contributed by atoms with van der Waals surface area (Å²) < 4.78 is 0. The van der Waals surface area contributed by atoms with Crippen molar-refractivity contribution < 1.29 is 0 Å². The molecule has 0 radical (unpaired) electrons. The largest absolute Gasteiger partial charge is 0.0894 e. The van der Waals surface area contributed by atoms with Gasteiger partial charge < -0.3 is 0 Å². The second kappa shape index (κ2) is 2.93. The molecule has 12 heavy (non-hydrogen) atoms. The first-order chi connectivity index (χ1) is 5.12. The van der Waals surface area contributed by atoms with Gasteiger partial charge in [-0.1, -0.05) is 31.9 Å². The van der Waals surface area contributed by atoms with Crippen LogP contribution in [0.2, 0.25) is 31.9 Å². The molecule has 0 aliphatic carbocycles. The first-order valence-electron chi connectivity index (χ1n) is 4.94. The number of rotatable bonds is 0. The van der Waals surface area contributed by atoms with Crippen LogP contribution >= 0.6 is 7.26 Å². The maximum Gasteiger partial charge on any atom is 0.0894 e. The van der Waals surface area contributed by atoms with E-state index in [1.807, 2.05) is 0 Å². The minimum atomic E-state index is -0.750. The second-order valence-electron chi connectivity index (χ2n) is 6.76. The molecule has 0 bridgehead atoms. The Morgan fingerprint density at radius 1 is 0.833 bits per heavy atom. The summed E-state index contributed by atoms with van der Waals surface area (Å²) in [5.41, 5.74) is 1.68. The van der Waals surface area contributed by atoms with Crippen molar-refractivity contribution >= 4 is 23.4 Å². The highest BCUT2D eigenvalue weighted by molar-refractivity contribution is 7.79. The third-order valence-electron chi connectivity index (χ3n) is 2.67. The van der Waals surface area contributed by atoms with Crippen molar-refractivity contribution in [2.24, 2.45) is 0 Å². The Labute approximate surface area is 80.5 Å². The van der Waals surface area contributed by atoms with Crippen LogP contribution in [-0.2, 0) is 0 Å². The second-order valence-corrected chi connectivity index (χ2v) is 23.2. The number of hydrogen-bond acceptors (Lipinski definition) is 0. The molecule has 0 amide bonds. The lowest BCUT2D eigenvalue weighted by molar-refractivity contribution is 1.42. The SMILES string of the molecule is C[Si]1(C)C[Si](C)(C)C[P+](C)(C)C1. The van der Waals surface area contributed by atoms with E-state index in [0.29, 0.717) is 0 Å². The van der Waals surface area contributed by atoms with Crippen LogP contribution in [0.4, 0.5) is 0 Å². The van der Waals surface area contributed by atoms with E-state index in [4.69, 9.17) is 0 Å². The number of hydrogen-bond donors (Lipinski definition) is 0. The van der Waals surface area contributed by atoms with Gasteiger partial charge in [-0.25, -0.2) is 0 Å². The van der Waals surface area contributed by atoms with Gasteiger partial charge in [0.15, 0.2) is 0 Å². The molecule has 0 aromatic rings. The third-order valence-corrected chi connectivity index (χ3v) is 24.0. The average molecular weight is 219 g/mol. The van der Waals surface area contributed by atoms with Gasteiger partial charge in [-0.15, -0.1) is 0 Å². The molecule has 1 fully saturated rings. The summed E-state index contributed by atoms with van der Waals surface area (Å²) in [5.74, 6) is 3.33. The average Bonchev–Trinajstić information content (AvgIpc) is 1.44. The van der Waals surface area contributed by atoms with Crippen LogP contribution in [0.1, 0.15) is 0 Å². The molecule has 72 valence electrons. The van der Waals surface area contributed by atoms with Crippen LogP contribution in [-0.4, -0.2) is 41.0 Å². The highest BCUT2D eigenvalue weighted by Crippen LogP contribution is 2.59. The molecule has 0 nitrogen and oxygen atoms in total. The maximum atomic E-state index is 2.61. The van der Waals surface area contributed by atoms with Crippen molar-refractivity contribution in [3.63, 3.8) is 0 Å². The Morgan fingerprint density at radius 3 is 1.42 bits per heavy atom. The van der Waals surface area contributed by atoms with Gasteiger partial charge in [0.2, 0.25) is 0 Å². The lowest BCUT2D eigenvalue weighted by Gasteiger charge is -2.42. The normalized spacial score (nSPS) is 31.5. The zero-order valence-corrected chi connectivity index (χ0v) is 12.5. The summed E-state index contributed by atoms with van der Waals surface area (Å²) in [6.45, 7) is 15.6. The van der Waals surface area contributed by atoms with Crippen molar-refractivity contribution in [1.82, 2.24) is 0 Å². The van der Waals surface area contributed by atoms with Gasteiger partial charge in [-0.2, -0.15) is 0 Å². The molecule has 0 atom stereocenters. The van der Waals surface area contributed by atoms with Crippen molar-refractivity contribution in [3.05, 3.63) is 0 Å². The van der Waals surface area contributed by atoms with E-state index in [1.54, 1.807) is 17.2 Å². The Morgan fingerprint density at radius 2 is 1.17 bits per heavy atom. The molecular formula is C9H24PSi2+. The Bertz CT molecular complexity index is 140. The molecule has 0 N–H and O–H groups in total. The van der Waals surface area contributed by atoms with E-state index < -0.39 is 23.4 Å². The maximum absolute atomic E-state index is 2.61. The summed E-state index contributed by atoms with van der Waals surface area (Å²) in [5, 5.41) is 0. The summed E-state index contributed by atoms with van der Waals surface area (Å²) in [4.78, 5) is 0. The van der Waals surface area contributed by atoms with Gasteiger partial charge in [-0.05, 0) is 0 Å². The highest BCUT2D eigenvalue weighted by atomic mass is 31.2. The van der Waals surface area contributed by atoms with E-state index in [2.05, 4.69) is 39.5 Å². The predicted molar refractivity (Wildman–Crippen MR) is 68.3 cm³/mol. The van der Waals surface area contributed by atoms with Gasteiger partial charge in [0, 0.05) is 32.2 Å². The molecule has 0 unspecified atom stereocenters. The quantitative estimate of drug-likeness (QED) is 0.433. The van der Waals surface area contributed by atoms with Crippen LogP contribution in [0.3, 0.4) is 0 Å². The van der Waals surface area contributed by atoms with Gasteiger partial charge >= 0.3 is 0 Å². The van der Waals surface area contributed by atoms with E-state index in [1.165, 1.54) is 0 Å². The first-order valence-corrected chi connectivity index (χ1v) is 14.8. The fraction of sp³-hybridized carbons (Fsp3) is 1.00. The van der Waals surface area contributed by atoms with Crippen molar-refractivity contribution in [2.45, 2.75) is 31.9 Å². The Hall–Kier alpha value is 0.864. The lowest BCUT2D eigenvalue weighted by atomic mass is 11.7. The van der Waals surface area contributed by atoms with Gasteiger partial charge in [-0.3, -0.25) is 0 Å². The standard InChI is InChI=1S/C9H24PSi2/c1-10(2)7-11(3,4)9-12(5,6)8-10/h7-9H2,1-6H3/q+1. The minimum Gasteiger partial charge on any atom is -0.0663 e. The fourth-order valence-electron chi connectivity index (χ4n) is 3.78. The molecule has 1 aliphatic rings. The van der Waals surface area contributed by atoms with E-state index >= 15 is 0 Å². The van der Waals surface area contributed by atoms with Crippen molar-refractivity contribution in [1.29, 1.82) is 0 Å². The fourth-order valence-corrected chi connectivity index (χ4v) is 37.0. The van der Waals surface area contributed by atoms with Crippen LogP contribution < -0.4 is 0 Å². The molecular weight excluding hydrogens is 195 g/mol. The van der Waals surface area contributed by atoms with Gasteiger partial charge in [0.1, 0.15) is 0 Å². The molecule has 0 spiro atoms. The Balaban J connectivity index is 2.81. The summed E-state index contributed by atoms with van der Waals surface area (Å²) >= 11 is 0. The smallest absolute Gasteiger partial charge is 0.0663 e. The third kappa shape index (κ3) is 2.97. The molecule has 0 aromatic carbocycles. The van der Waals surface area contributed by atoms with Crippen molar-refractivity contribution in [2.75, 3.05) is 24.9 Å². The van der Waals surface area contributed by atoms with E-state index in [-0.39, 0.29) is 0 Å². The van der Waals surface area contributed by atoms with Crippen LogP contribution in [0.15, 0.2) is 0 Å². The predicted octanol–water partition coefficient (Wildman–Crippen LogP) is 3.31. The minimum absolute atomic E-state index is 0.456. The summed E-state index contributed by atoms with van der Waals surface area (Å²) in [6.07, 6.45) is 0. The molecule has 3 heteroatoms. The molecule has 1 aliphatic heterocycles. The van der Waals surface area contributed by atoms with Crippen LogP contribution in [0, 0.1) is 0 Å². The van der Waals surface area contributed by atoms with E-state index in [0.717, 1.165) is 0 Å². The Kier molecular flexibility index (Phi) is 2.67. The monoisotopic (exact) mass is 219 g/mol. The summed E-state index contributed by atoms with van der Waals surface area (Å²) in [7, 11) is -1.96. The zero-order valence-electron chi connectivity index (χ0n) is 9.57. The first kappa shape index (κ1) is 10.9. The van der Waals surface area contributed by atoms with Crippen LogP contribution in [0.25, 0.3) is 0 Å². The molecule has 1 saturated heterocycles. The molecule has 1 heterocycles. The van der Waals surface area contributed by atoms with Crippen LogP contribution in [0.5, 0.6) is 0 Å². The van der Waals surface area contributed by atoms with Gasteiger partial charge in [0.25, 0.3) is 0 Å². The topological polar surface area (TPSA) is 0 Å². The highest BCUT2D eigenvalue weighted by Gasteiger charge is 2.49. The zero-order chi connectivity index (χ0) is 9.62. The van der Waals surface area contributed by atoms with Gasteiger partial charge in [0.05, 0.1) is 16.1 Å². The van der Waals surface area contributed by atoms with Crippen molar-refractivity contribution in [3.8, 4) is 0 Å². The molecule has 0 saturated carbocycles. The molecule has 1 rings (SSSR count). The van der Waals surface area contributed by atoms with E-state index in [9.17, 15) is 0 Å². The summed E-state index contributed by atoms with van der Waals surface area (Å²) in [6, 6.07) is 0. The molecule has 0 aromatic heterocycles. The lowest BCUT2D eigenvalue weighted by Crippen LogP contribution is -2.51.